The number of carbonyl (C=O) groups is 1. The van der Waals surface area contributed by atoms with Crippen LogP contribution in [0.4, 0.5) is 8.78 Å². The van der Waals surface area contributed by atoms with Crippen molar-refractivity contribution >= 4 is 5.97 Å². The Bertz CT molecular complexity index is 117. The number of nitrogens with two attached hydrogens (primary N) is 1. The first-order valence-electron chi connectivity index (χ1n) is 3.04. The summed E-state index contributed by atoms with van der Waals surface area (Å²) in [4.78, 5) is 9.27. The molecule has 0 bridgehead atoms. The van der Waals surface area contributed by atoms with Gasteiger partial charge in [0.2, 0.25) is 0 Å². The van der Waals surface area contributed by atoms with Crippen molar-refractivity contribution in [2.75, 3.05) is 0 Å². The van der Waals surface area contributed by atoms with Crippen LogP contribution in [0, 0.1) is 0 Å². The molecule has 3 nitrogen and oxygen atoms in total. The molecule has 0 aromatic rings. The molecule has 0 aliphatic rings. The molecule has 0 radical (unpaired) electrons. The third kappa shape index (κ3) is 17.6. The van der Waals surface area contributed by atoms with Gasteiger partial charge in [-0.15, -0.1) is 0 Å². The lowest BCUT2D eigenvalue weighted by molar-refractivity contribution is -0.161. The van der Waals surface area contributed by atoms with E-state index in [9.17, 15) is 13.6 Å². The van der Waals surface area contributed by atoms with Gasteiger partial charge in [0, 0.05) is 6.92 Å². The average molecular weight is 169 g/mol. The van der Waals surface area contributed by atoms with E-state index in [2.05, 4.69) is 0 Å². The van der Waals surface area contributed by atoms with E-state index in [4.69, 9.17) is 10.8 Å². The Morgan fingerprint density at radius 2 is 1.64 bits per heavy atom. The number of carboxylic acid groups (broad SMARTS) is 1. The highest BCUT2D eigenvalue weighted by Crippen LogP contribution is 2.09. The molecule has 0 fully saturated rings. The molecule has 0 amide bonds. The number of alkyl halides is 2. The van der Waals surface area contributed by atoms with E-state index < -0.39 is 11.9 Å². The molecule has 0 atom stereocenters. The van der Waals surface area contributed by atoms with Crippen molar-refractivity contribution in [1.29, 1.82) is 0 Å². The van der Waals surface area contributed by atoms with Gasteiger partial charge in [0.05, 0.1) is 0 Å². The Morgan fingerprint density at radius 1 is 1.55 bits per heavy atom. The SMILES string of the molecule is CC(C)N.CC(F)(F)C(=O)O. The molecule has 3 N–H and O–H groups in total. The predicted molar refractivity (Wildman–Crippen MR) is 37.6 cm³/mol. The zero-order chi connectivity index (χ0) is 9.65. The van der Waals surface area contributed by atoms with Crippen molar-refractivity contribution in [3.8, 4) is 0 Å². The van der Waals surface area contributed by atoms with Crippen molar-refractivity contribution in [2.24, 2.45) is 5.73 Å². The van der Waals surface area contributed by atoms with E-state index >= 15 is 0 Å². The van der Waals surface area contributed by atoms with Gasteiger partial charge in [0.15, 0.2) is 0 Å². The molecule has 68 valence electrons. The molecule has 0 unspecified atom stereocenters. The van der Waals surface area contributed by atoms with E-state index in [0.717, 1.165) is 0 Å². The van der Waals surface area contributed by atoms with Gasteiger partial charge in [-0.1, -0.05) is 13.8 Å². The van der Waals surface area contributed by atoms with Crippen LogP contribution >= 0.6 is 0 Å². The standard InChI is InChI=1S/C3H4F2O2.C3H9N/c1-3(4,5)2(6)7;1-3(2)4/h1H3,(H,6,7);3H,4H2,1-2H3. The minimum atomic E-state index is -3.58. The molecule has 0 rings (SSSR count). The summed E-state index contributed by atoms with van der Waals surface area (Å²) < 4.78 is 22.5. The van der Waals surface area contributed by atoms with Gasteiger partial charge in [-0.05, 0) is 6.04 Å². The Balaban J connectivity index is 0. The van der Waals surface area contributed by atoms with Gasteiger partial charge in [-0.3, -0.25) is 0 Å². The van der Waals surface area contributed by atoms with E-state index in [1.165, 1.54) is 0 Å². The molecule has 0 heterocycles. The maximum Gasteiger partial charge on any atom is 0.374 e. The quantitative estimate of drug-likeness (QED) is 0.617. The van der Waals surface area contributed by atoms with Crippen molar-refractivity contribution in [3.05, 3.63) is 0 Å². The summed E-state index contributed by atoms with van der Waals surface area (Å²) in [6.07, 6.45) is 0. The minimum absolute atomic E-state index is 0.329. The molecule has 0 aromatic heterocycles. The second-order valence-electron chi connectivity index (χ2n) is 2.44. The summed E-state index contributed by atoms with van der Waals surface area (Å²) in [5, 5.41) is 7.50. The molecule has 0 aliphatic heterocycles. The third-order valence-corrected chi connectivity index (χ3v) is 0.376. The first-order chi connectivity index (χ1) is 4.68. The second-order valence-corrected chi connectivity index (χ2v) is 2.44. The van der Waals surface area contributed by atoms with Gasteiger partial charge < -0.3 is 10.8 Å². The van der Waals surface area contributed by atoms with Gasteiger partial charge in [0.1, 0.15) is 0 Å². The average Bonchev–Trinajstić information content (AvgIpc) is 1.59. The number of aliphatic carboxylic acids is 1. The maximum atomic E-state index is 11.2. The summed E-state index contributed by atoms with van der Waals surface area (Å²) in [5.74, 6) is -5.67. The zero-order valence-corrected chi connectivity index (χ0v) is 6.77. The van der Waals surface area contributed by atoms with Crippen molar-refractivity contribution in [2.45, 2.75) is 32.7 Å². The number of hydrogen-bond acceptors (Lipinski definition) is 2. The molecule has 11 heavy (non-hydrogen) atoms. The molecular formula is C6H13F2NO2. The van der Waals surface area contributed by atoms with Gasteiger partial charge in [-0.25, -0.2) is 4.79 Å². The highest BCUT2D eigenvalue weighted by atomic mass is 19.3. The number of carboxylic acids is 1. The van der Waals surface area contributed by atoms with E-state index in [-0.39, 0.29) is 0 Å². The van der Waals surface area contributed by atoms with Crippen LogP contribution in [-0.2, 0) is 4.79 Å². The normalized spacial score (nSPS) is 10.5. The van der Waals surface area contributed by atoms with E-state index in [1.54, 1.807) is 0 Å². The first-order valence-corrected chi connectivity index (χ1v) is 3.04. The summed E-state index contributed by atoms with van der Waals surface area (Å²) in [7, 11) is 0. The fourth-order valence-corrected chi connectivity index (χ4v) is 0. The lowest BCUT2D eigenvalue weighted by Gasteiger charge is -1.98. The van der Waals surface area contributed by atoms with Gasteiger partial charge in [0.25, 0.3) is 0 Å². The van der Waals surface area contributed by atoms with Crippen LogP contribution in [0.15, 0.2) is 0 Å². The summed E-state index contributed by atoms with van der Waals surface area (Å²) in [5.41, 5.74) is 5.11. The van der Waals surface area contributed by atoms with Crippen LogP contribution in [-0.4, -0.2) is 23.0 Å². The van der Waals surface area contributed by atoms with Gasteiger partial charge in [-0.2, -0.15) is 8.78 Å². The first kappa shape index (κ1) is 12.9. The van der Waals surface area contributed by atoms with Crippen LogP contribution in [0.1, 0.15) is 20.8 Å². The Labute approximate surface area is 64.2 Å². The fourth-order valence-electron chi connectivity index (χ4n) is 0. The van der Waals surface area contributed by atoms with Crippen molar-refractivity contribution < 1.29 is 18.7 Å². The molecule has 0 spiro atoms. The molecule has 0 aromatic carbocycles. The Kier molecular flexibility index (Phi) is 5.88. The number of hydrogen-bond donors (Lipinski definition) is 2. The smallest absolute Gasteiger partial charge is 0.374 e. The number of rotatable bonds is 1. The Hall–Kier alpha value is -0.710. The van der Waals surface area contributed by atoms with Crippen LogP contribution in [0.3, 0.4) is 0 Å². The lowest BCUT2D eigenvalue weighted by atomic mass is 10.4. The third-order valence-electron chi connectivity index (χ3n) is 0.376. The van der Waals surface area contributed by atoms with Crippen LogP contribution in [0.2, 0.25) is 0 Å². The largest absolute Gasteiger partial charge is 0.477 e. The highest BCUT2D eigenvalue weighted by molar-refractivity contribution is 5.74. The number of halogens is 2. The minimum Gasteiger partial charge on any atom is -0.477 e. The molecule has 5 heteroatoms. The van der Waals surface area contributed by atoms with E-state index in [0.29, 0.717) is 13.0 Å². The van der Waals surface area contributed by atoms with E-state index in [1.807, 2.05) is 13.8 Å². The topological polar surface area (TPSA) is 63.3 Å². The molecule has 0 aliphatic carbocycles. The van der Waals surface area contributed by atoms with Gasteiger partial charge >= 0.3 is 11.9 Å². The maximum absolute atomic E-state index is 11.2. The zero-order valence-electron chi connectivity index (χ0n) is 6.77. The predicted octanol–water partition coefficient (Wildman–Crippen LogP) is 1.08. The molecular weight excluding hydrogens is 156 g/mol. The van der Waals surface area contributed by atoms with Crippen LogP contribution < -0.4 is 5.73 Å². The Morgan fingerprint density at radius 3 is 1.64 bits per heavy atom. The molecule has 0 saturated carbocycles. The van der Waals surface area contributed by atoms with Crippen molar-refractivity contribution in [1.82, 2.24) is 0 Å². The monoisotopic (exact) mass is 169 g/mol. The summed E-state index contributed by atoms with van der Waals surface area (Å²) in [6, 6.07) is 0.333. The van der Waals surface area contributed by atoms with Crippen LogP contribution in [0.25, 0.3) is 0 Å². The van der Waals surface area contributed by atoms with Crippen molar-refractivity contribution in [3.63, 3.8) is 0 Å². The summed E-state index contributed by atoms with van der Waals surface area (Å²) >= 11 is 0. The van der Waals surface area contributed by atoms with Crippen LogP contribution in [0.5, 0.6) is 0 Å². The second kappa shape index (κ2) is 5.01. The lowest BCUT2D eigenvalue weighted by Crippen LogP contribution is -2.22. The molecule has 0 saturated heterocycles. The summed E-state index contributed by atoms with van der Waals surface area (Å²) in [6.45, 7) is 4.22. The fraction of sp³-hybridized carbons (Fsp3) is 0.833. The highest BCUT2D eigenvalue weighted by Gasteiger charge is 2.31.